The Labute approximate surface area is 117 Å². The van der Waals surface area contributed by atoms with E-state index < -0.39 is 5.54 Å². The van der Waals surface area contributed by atoms with Gasteiger partial charge in [-0.1, -0.05) is 12.1 Å². The highest BCUT2D eigenvalue weighted by Gasteiger charge is 2.38. The van der Waals surface area contributed by atoms with Crippen molar-refractivity contribution in [3.63, 3.8) is 0 Å². The number of nitrogens with two attached hydrogens (primary N) is 1. The van der Waals surface area contributed by atoms with E-state index in [0.29, 0.717) is 25.1 Å². The number of carbonyl (C=O) groups is 2. The smallest absolute Gasteiger partial charge is 0.246 e. The molecule has 0 aliphatic carbocycles. The van der Waals surface area contributed by atoms with Crippen LogP contribution in [-0.4, -0.2) is 37.6 Å². The minimum Gasteiger partial charge on any atom is -0.379 e. The van der Waals surface area contributed by atoms with E-state index in [0.717, 1.165) is 5.56 Å². The van der Waals surface area contributed by atoms with Gasteiger partial charge >= 0.3 is 0 Å². The lowest BCUT2D eigenvalue weighted by atomic mass is 9.99. The first-order chi connectivity index (χ1) is 9.53. The first kappa shape index (κ1) is 14.5. The van der Waals surface area contributed by atoms with Gasteiger partial charge in [0, 0.05) is 19.3 Å². The zero-order valence-electron chi connectivity index (χ0n) is 11.4. The number of nitrogens with one attached hydrogen (secondary N) is 2. The molecule has 1 aromatic rings. The second kappa shape index (κ2) is 6.02. The topological polar surface area (TPSA) is 93.5 Å². The van der Waals surface area contributed by atoms with Crippen molar-refractivity contribution in [2.45, 2.75) is 18.4 Å². The maximum absolute atomic E-state index is 12.1. The molecule has 1 aromatic carbocycles. The second-order valence-electron chi connectivity index (χ2n) is 4.96. The summed E-state index contributed by atoms with van der Waals surface area (Å²) >= 11 is 0. The summed E-state index contributed by atoms with van der Waals surface area (Å²) in [6.45, 7) is 0.753. The van der Waals surface area contributed by atoms with Crippen molar-refractivity contribution in [3.8, 4) is 0 Å². The molecule has 1 heterocycles. The van der Waals surface area contributed by atoms with Gasteiger partial charge in [0.2, 0.25) is 11.8 Å². The van der Waals surface area contributed by atoms with Gasteiger partial charge in [0.1, 0.15) is 5.54 Å². The molecule has 0 aromatic heterocycles. The molecule has 2 rings (SSSR count). The van der Waals surface area contributed by atoms with Crippen molar-refractivity contribution in [2.75, 3.05) is 25.6 Å². The Morgan fingerprint density at radius 3 is 2.60 bits per heavy atom. The third kappa shape index (κ3) is 3.34. The summed E-state index contributed by atoms with van der Waals surface area (Å²) in [6.07, 6.45) is 0.840. The molecule has 1 aliphatic rings. The van der Waals surface area contributed by atoms with Gasteiger partial charge in [-0.3, -0.25) is 9.59 Å². The molecule has 108 valence electrons. The van der Waals surface area contributed by atoms with Crippen LogP contribution in [0.15, 0.2) is 24.3 Å². The van der Waals surface area contributed by atoms with Crippen LogP contribution < -0.4 is 16.4 Å². The quantitative estimate of drug-likeness (QED) is 0.724. The fourth-order valence-corrected chi connectivity index (χ4v) is 2.00. The Morgan fingerprint density at radius 1 is 1.35 bits per heavy atom. The van der Waals surface area contributed by atoms with E-state index in [9.17, 15) is 9.59 Å². The number of hydrogen-bond donors (Lipinski definition) is 3. The van der Waals surface area contributed by atoms with Crippen LogP contribution in [-0.2, 0) is 20.7 Å². The average Bonchev–Trinajstić information content (AvgIpc) is 2.89. The number of benzene rings is 1. The molecule has 1 aliphatic heterocycles. The lowest BCUT2D eigenvalue weighted by Gasteiger charge is -2.20. The summed E-state index contributed by atoms with van der Waals surface area (Å²) in [5, 5.41) is 5.34. The normalized spacial score (nSPS) is 21.5. The molecule has 0 saturated carbocycles. The highest BCUT2D eigenvalue weighted by Crippen LogP contribution is 2.18. The van der Waals surface area contributed by atoms with Crippen molar-refractivity contribution in [2.24, 2.45) is 5.73 Å². The Hall–Kier alpha value is -1.92. The number of rotatable bonds is 4. The van der Waals surface area contributed by atoms with Gasteiger partial charge in [-0.15, -0.1) is 0 Å². The third-order valence-electron chi connectivity index (χ3n) is 3.36. The van der Waals surface area contributed by atoms with Crippen molar-refractivity contribution < 1.29 is 14.3 Å². The van der Waals surface area contributed by atoms with E-state index in [4.69, 9.17) is 10.5 Å². The molecule has 6 nitrogen and oxygen atoms in total. The second-order valence-corrected chi connectivity index (χ2v) is 4.96. The lowest BCUT2D eigenvalue weighted by molar-refractivity contribution is -0.121. The fraction of sp³-hybridized carbons (Fsp3) is 0.429. The van der Waals surface area contributed by atoms with Crippen LogP contribution in [0, 0.1) is 0 Å². The highest BCUT2D eigenvalue weighted by molar-refractivity contribution is 5.98. The van der Waals surface area contributed by atoms with Crippen LogP contribution in [0.2, 0.25) is 0 Å². The maximum atomic E-state index is 12.1. The van der Waals surface area contributed by atoms with E-state index in [1.807, 2.05) is 0 Å². The van der Waals surface area contributed by atoms with Crippen molar-refractivity contribution in [1.82, 2.24) is 5.32 Å². The van der Waals surface area contributed by atoms with E-state index in [1.165, 1.54) is 0 Å². The fourth-order valence-electron chi connectivity index (χ4n) is 2.00. The number of anilines is 1. The average molecular weight is 277 g/mol. The van der Waals surface area contributed by atoms with Crippen LogP contribution in [0.1, 0.15) is 12.0 Å². The lowest BCUT2D eigenvalue weighted by Crippen LogP contribution is -2.51. The SMILES string of the molecule is CNC(=O)Cc1ccc(NC(=O)C2(N)CCOC2)cc1. The Balaban J connectivity index is 1.96. The third-order valence-corrected chi connectivity index (χ3v) is 3.36. The van der Waals surface area contributed by atoms with Gasteiger partial charge in [0.25, 0.3) is 0 Å². The van der Waals surface area contributed by atoms with Crippen molar-refractivity contribution in [1.29, 1.82) is 0 Å². The van der Waals surface area contributed by atoms with Gasteiger partial charge in [-0.05, 0) is 24.1 Å². The molecular formula is C14H19N3O3. The molecule has 1 unspecified atom stereocenters. The summed E-state index contributed by atoms with van der Waals surface area (Å²) < 4.78 is 5.16. The molecule has 4 N–H and O–H groups in total. The minimum atomic E-state index is -0.944. The first-order valence-electron chi connectivity index (χ1n) is 6.51. The Kier molecular flexibility index (Phi) is 4.36. The van der Waals surface area contributed by atoms with Crippen LogP contribution >= 0.6 is 0 Å². The minimum absolute atomic E-state index is 0.0502. The number of amides is 2. The largest absolute Gasteiger partial charge is 0.379 e. The van der Waals surface area contributed by atoms with E-state index >= 15 is 0 Å². The zero-order valence-corrected chi connectivity index (χ0v) is 11.4. The molecule has 1 fully saturated rings. The summed E-state index contributed by atoms with van der Waals surface area (Å²) in [5.74, 6) is -0.292. The summed E-state index contributed by atoms with van der Waals surface area (Å²) in [4.78, 5) is 23.3. The Morgan fingerprint density at radius 2 is 2.05 bits per heavy atom. The van der Waals surface area contributed by atoms with Gasteiger partial charge in [-0.25, -0.2) is 0 Å². The van der Waals surface area contributed by atoms with Crippen molar-refractivity contribution >= 4 is 17.5 Å². The summed E-state index contributed by atoms with van der Waals surface area (Å²) in [5.41, 5.74) is 6.57. The van der Waals surface area contributed by atoms with E-state index in [-0.39, 0.29) is 18.4 Å². The Bertz CT molecular complexity index is 493. The molecule has 1 saturated heterocycles. The van der Waals surface area contributed by atoms with Crippen LogP contribution in [0.4, 0.5) is 5.69 Å². The number of ether oxygens (including phenoxy) is 1. The molecule has 0 spiro atoms. The van der Waals surface area contributed by atoms with Gasteiger partial charge in [0.15, 0.2) is 0 Å². The van der Waals surface area contributed by atoms with Crippen LogP contribution in [0.5, 0.6) is 0 Å². The molecular weight excluding hydrogens is 258 g/mol. The van der Waals surface area contributed by atoms with Crippen molar-refractivity contribution in [3.05, 3.63) is 29.8 Å². The number of hydrogen-bond acceptors (Lipinski definition) is 4. The molecule has 0 radical (unpaired) electrons. The number of likely N-dealkylation sites (N-methyl/N-ethyl adjacent to an activating group) is 1. The van der Waals surface area contributed by atoms with E-state index in [1.54, 1.807) is 31.3 Å². The molecule has 2 amide bonds. The highest BCUT2D eigenvalue weighted by atomic mass is 16.5. The van der Waals surface area contributed by atoms with Gasteiger partial charge < -0.3 is 21.1 Å². The predicted molar refractivity (Wildman–Crippen MR) is 75.2 cm³/mol. The zero-order chi connectivity index (χ0) is 14.6. The summed E-state index contributed by atoms with van der Waals surface area (Å²) in [7, 11) is 1.60. The van der Waals surface area contributed by atoms with Gasteiger partial charge in [0.05, 0.1) is 13.0 Å². The molecule has 6 heteroatoms. The predicted octanol–water partition coefficient (Wildman–Crippen LogP) is 0.0314. The molecule has 20 heavy (non-hydrogen) atoms. The van der Waals surface area contributed by atoms with Crippen LogP contribution in [0.3, 0.4) is 0 Å². The van der Waals surface area contributed by atoms with Crippen LogP contribution in [0.25, 0.3) is 0 Å². The first-order valence-corrected chi connectivity index (χ1v) is 6.51. The number of carbonyl (C=O) groups excluding carboxylic acids is 2. The van der Waals surface area contributed by atoms with Gasteiger partial charge in [-0.2, -0.15) is 0 Å². The monoisotopic (exact) mass is 277 g/mol. The molecule has 1 atom stereocenters. The molecule has 0 bridgehead atoms. The van der Waals surface area contributed by atoms with E-state index in [2.05, 4.69) is 10.6 Å². The standard InChI is InChI=1S/C14H19N3O3/c1-16-12(18)8-10-2-4-11(5-3-10)17-13(19)14(15)6-7-20-9-14/h2-5H,6-9,15H2,1H3,(H,16,18)(H,17,19). The maximum Gasteiger partial charge on any atom is 0.246 e. The summed E-state index contributed by atoms with van der Waals surface area (Å²) in [6, 6.07) is 7.13.